The van der Waals surface area contributed by atoms with Crippen LogP contribution >= 0.6 is 11.6 Å². The van der Waals surface area contributed by atoms with Gasteiger partial charge < -0.3 is 15.4 Å². The Labute approximate surface area is 202 Å². The van der Waals surface area contributed by atoms with Crippen LogP contribution in [-0.2, 0) is 20.8 Å². The van der Waals surface area contributed by atoms with Gasteiger partial charge in [-0.1, -0.05) is 54.1 Å². The van der Waals surface area contributed by atoms with E-state index in [0.717, 1.165) is 5.56 Å². The molecule has 0 aliphatic rings. The van der Waals surface area contributed by atoms with E-state index in [1.165, 1.54) is 6.21 Å². The van der Waals surface area contributed by atoms with E-state index in [-0.39, 0.29) is 12.5 Å². The van der Waals surface area contributed by atoms with Gasteiger partial charge in [-0.15, -0.1) is 0 Å². The fourth-order valence-electron chi connectivity index (χ4n) is 2.81. The summed E-state index contributed by atoms with van der Waals surface area (Å²) in [7, 11) is 0. The average Bonchev–Trinajstić information content (AvgIpc) is 2.85. The van der Waals surface area contributed by atoms with Gasteiger partial charge in [0.15, 0.2) is 6.61 Å². The molecular formula is C25H23ClN4O4. The highest BCUT2D eigenvalue weighted by molar-refractivity contribution is 6.35. The van der Waals surface area contributed by atoms with Crippen molar-refractivity contribution in [3.05, 3.63) is 95.0 Å². The number of hydrogen-bond acceptors (Lipinski definition) is 5. The highest BCUT2D eigenvalue weighted by Crippen LogP contribution is 2.20. The molecule has 0 aliphatic carbocycles. The van der Waals surface area contributed by atoms with Gasteiger partial charge in [0.1, 0.15) is 5.75 Å². The van der Waals surface area contributed by atoms with E-state index in [2.05, 4.69) is 21.2 Å². The summed E-state index contributed by atoms with van der Waals surface area (Å²) in [6.45, 7) is 0.159. The number of hydrogen-bond donors (Lipinski definition) is 3. The molecular weight excluding hydrogens is 456 g/mol. The van der Waals surface area contributed by atoms with Gasteiger partial charge in [0, 0.05) is 6.54 Å². The minimum Gasteiger partial charge on any atom is -0.484 e. The van der Waals surface area contributed by atoms with Crippen LogP contribution in [0, 0.1) is 0 Å². The van der Waals surface area contributed by atoms with Crippen LogP contribution in [-0.4, -0.2) is 37.1 Å². The first-order valence-corrected chi connectivity index (χ1v) is 10.8. The Morgan fingerprint density at radius 3 is 2.32 bits per heavy atom. The number of carbonyl (C=O) groups is 3. The van der Waals surface area contributed by atoms with E-state index in [1.807, 2.05) is 30.3 Å². The molecule has 0 saturated carbocycles. The lowest BCUT2D eigenvalue weighted by molar-refractivity contribution is -0.139. The number of nitrogens with one attached hydrogen (secondary N) is 3. The van der Waals surface area contributed by atoms with Crippen LogP contribution in [0.5, 0.6) is 5.75 Å². The van der Waals surface area contributed by atoms with Crippen molar-refractivity contribution in [1.82, 2.24) is 10.7 Å². The number of ether oxygens (including phenoxy) is 1. The molecule has 3 amide bonds. The minimum atomic E-state index is -0.853. The van der Waals surface area contributed by atoms with E-state index >= 15 is 0 Å². The molecule has 0 aromatic heterocycles. The summed E-state index contributed by atoms with van der Waals surface area (Å²) in [5, 5.41) is 9.44. The molecule has 0 aliphatic heterocycles. The number of rotatable bonds is 9. The summed E-state index contributed by atoms with van der Waals surface area (Å²) in [5.74, 6) is -1.47. The van der Waals surface area contributed by atoms with E-state index < -0.39 is 11.8 Å². The predicted octanol–water partition coefficient (Wildman–Crippen LogP) is 3.17. The van der Waals surface area contributed by atoms with Crippen LogP contribution in [0.3, 0.4) is 0 Å². The monoisotopic (exact) mass is 478 g/mol. The lowest BCUT2D eigenvalue weighted by Crippen LogP contribution is -2.38. The number of para-hydroxylation sites is 1. The minimum absolute atomic E-state index is 0.186. The maximum absolute atomic E-state index is 12.0. The molecule has 0 heterocycles. The molecule has 9 heteroatoms. The Kier molecular flexibility index (Phi) is 9.19. The van der Waals surface area contributed by atoms with Gasteiger partial charge in [0.05, 0.1) is 16.9 Å². The van der Waals surface area contributed by atoms with Crippen LogP contribution in [0.2, 0.25) is 5.02 Å². The molecule has 8 nitrogen and oxygen atoms in total. The summed E-state index contributed by atoms with van der Waals surface area (Å²) in [4.78, 5) is 35.7. The van der Waals surface area contributed by atoms with E-state index in [4.69, 9.17) is 16.3 Å². The third-order valence-corrected chi connectivity index (χ3v) is 4.86. The molecule has 3 aromatic rings. The van der Waals surface area contributed by atoms with Crippen molar-refractivity contribution in [2.75, 3.05) is 18.5 Å². The molecule has 3 aromatic carbocycles. The predicted molar refractivity (Wildman–Crippen MR) is 131 cm³/mol. The normalized spacial score (nSPS) is 10.5. The second-order valence-electron chi connectivity index (χ2n) is 7.08. The number of amides is 3. The van der Waals surface area contributed by atoms with E-state index in [1.54, 1.807) is 48.5 Å². The largest absolute Gasteiger partial charge is 0.484 e. The first-order chi connectivity index (χ1) is 16.5. The van der Waals surface area contributed by atoms with Crippen LogP contribution < -0.4 is 20.8 Å². The Hall–Kier alpha value is -4.17. The van der Waals surface area contributed by atoms with Crippen molar-refractivity contribution in [3.63, 3.8) is 0 Å². The molecule has 0 bridgehead atoms. The molecule has 3 rings (SSSR count). The summed E-state index contributed by atoms with van der Waals surface area (Å²) in [6, 6.07) is 23.2. The molecule has 0 spiro atoms. The molecule has 3 N–H and O–H groups in total. The van der Waals surface area contributed by atoms with Gasteiger partial charge in [0.25, 0.3) is 5.91 Å². The van der Waals surface area contributed by atoms with Crippen LogP contribution in [0.4, 0.5) is 5.69 Å². The van der Waals surface area contributed by atoms with Crippen molar-refractivity contribution in [2.24, 2.45) is 5.10 Å². The zero-order valence-corrected chi connectivity index (χ0v) is 18.9. The topological polar surface area (TPSA) is 109 Å². The molecule has 0 atom stereocenters. The third kappa shape index (κ3) is 8.07. The first kappa shape index (κ1) is 24.5. The van der Waals surface area contributed by atoms with Crippen molar-refractivity contribution >= 4 is 41.2 Å². The number of anilines is 1. The maximum Gasteiger partial charge on any atom is 0.329 e. The quantitative estimate of drug-likeness (QED) is 0.249. The van der Waals surface area contributed by atoms with Crippen LogP contribution in [0.15, 0.2) is 84.0 Å². The van der Waals surface area contributed by atoms with Gasteiger partial charge >= 0.3 is 11.8 Å². The zero-order valence-electron chi connectivity index (χ0n) is 18.2. The van der Waals surface area contributed by atoms with Crippen molar-refractivity contribution < 1.29 is 19.1 Å². The molecule has 0 radical (unpaired) electrons. The van der Waals surface area contributed by atoms with Gasteiger partial charge in [-0.05, 0) is 53.9 Å². The van der Waals surface area contributed by atoms with Crippen molar-refractivity contribution in [2.45, 2.75) is 6.42 Å². The van der Waals surface area contributed by atoms with Crippen LogP contribution in [0.25, 0.3) is 0 Å². The van der Waals surface area contributed by atoms with E-state index in [0.29, 0.717) is 35.0 Å². The standard InChI is InChI=1S/C25H23ClN4O4/c26-21-8-4-5-9-22(21)29-23(31)17-34-20-12-10-19(11-13-20)16-28-30-25(33)24(32)27-15-14-18-6-2-1-3-7-18/h1-13,16H,14-15,17H2,(H,27,32)(H,29,31)(H,30,33)/b28-16-. The van der Waals surface area contributed by atoms with Crippen molar-refractivity contribution in [3.8, 4) is 5.75 Å². The molecule has 34 heavy (non-hydrogen) atoms. The Morgan fingerprint density at radius 1 is 0.882 bits per heavy atom. The lowest BCUT2D eigenvalue weighted by atomic mass is 10.1. The SMILES string of the molecule is O=C(COc1ccc(/C=N\NC(=O)C(=O)NCCc2ccccc2)cc1)Nc1ccccc1Cl. The smallest absolute Gasteiger partial charge is 0.329 e. The number of nitrogens with zero attached hydrogens (tertiary/aromatic N) is 1. The van der Waals surface area contributed by atoms with E-state index in [9.17, 15) is 14.4 Å². The molecule has 174 valence electrons. The average molecular weight is 479 g/mol. The maximum atomic E-state index is 12.0. The van der Waals surface area contributed by atoms with Crippen LogP contribution in [0.1, 0.15) is 11.1 Å². The fourth-order valence-corrected chi connectivity index (χ4v) is 2.99. The first-order valence-electron chi connectivity index (χ1n) is 10.4. The zero-order chi connectivity index (χ0) is 24.2. The van der Waals surface area contributed by atoms with Gasteiger partial charge in [-0.2, -0.15) is 5.10 Å². The van der Waals surface area contributed by atoms with Crippen molar-refractivity contribution in [1.29, 1.82) is 0 Å². The second-order valence-corrected chi connectivity index (χ2v) is 7.48. The number of hydrazone groups is 1. The third-order valence-electron chi connectivity index (χ3n) is 4.53. The summed E-state index contributed by atoms with van der Waals surface area (Å²) < 4.78 is 5.46. The highest BCUT2D eigenvalue weighted by Gasteiger charge is 2.11. The lowest BCUT2D eigenvalue weighted by Gasteiger charge is -2.08. The summed E-state index contributed by atoms with van der Waals surface area (Å²) >= 11 is 6.01. The molecule has 0 fully saturated rings. The number of carbonyl (C=O) groups excluding carboxylic acids is 3. The second kappa shape index (κ2) is 12.8. The van der Waals surface area contributed by atoms with Gasteiger partial charge in [0.2, 0.25) is 0 Å². The van der Waals surface area contributed by atoms with Gasteiger partial charge in [-0.25, -0.2) is 5.43 Å². The molecule has 0 saturated heterocycles. The molecule has 0 unspecified atom stereocenters. The fraction of sp³-hybridized carbons (Fsp3) is 0.120. The Bertz CT molecular complexity index is 1150. The highest BCUT2D eigenvalue weighted by atomic mass is 35.5. The summed E-state index contributed by atoms with van der Waals surface area (Å²) in [6.07, 6.45) is 2.02. The summed E-state index contributed by atoms with van der Waals surface area (Å²) in [5.41, 5.74) is 4.43. The Morgan fingerprint density at radius 2 is 1.59 bits per heavy atom. The Balaban J connectivity index is 1.37. The number of halogens is 1. The number of benzene rings is 3. The van der Waals surface area contributed by atoms with Gasteiger partial charge in [-0.3, -0.25) is 14.4 Å².